The van der Waals surface area contributed by atoms with Crippen LogP contribution in [0.4, 0.5) is 0 Å². The molecule has 3 nitrogen and oxygen atoms in total. The van der Waals surface area contributed by atoms with Crippen LogP contribution in [0.1, 0.15) is 21.5 Å². The third kappa shape index (κ3) is 3.10. The monoisotopic (exact) mass is 311 g/mol. The van der Waals surface area contributed by atoms with Crippen LogP contribution in [-0.4, -0.2) is 18.1 Å². The molecular weight excluding hydrogens is 298 g/mol. The maximum atomic E-state index is 11.6. The highest BCUT2D eigenvalue weighted by Crippen LogP contribution is 2.19. The first-order valence-electron chi connectivity index (χ1n) is 6.87. The predicted molar refractivity (Wildman–Crippen MR) is 87.3 cm³/mol. The van der Waals surface area contributed by atoms with Crippen LogP contribution in [-0.2, 0) is 11.2 Å². The molecule has 0 aliphatic carbocycles. The molecule has 3 rings (SSSR count). The number of carbonyl (C=O) groups excluding carboxylic acids is 1. The minimum absolute atomic E-state index is 0.343. The van der Waals surface area contributed by atoms with Crippen LogP contribution < -0.4 is 0 Å². The largest absolute Gasteiger partial charge is 0.465 e. The van der Waals surface area contributed by atoms with E-state index in [1.54, 1.807) is 12.1 Å². The lowest BCUT2D eigenvalue weighted by molar-refractivity contribution is 0.0601. The third-order valence-electron chi connectivity index (χ3n) is 3.48. The summed E-state index contributed by atoms with van der Waals surface area (Å²) in [6, 6.07) is 15.1. The van der Waals surface area contributed by atoms with Gasteiger partial charge >= 0.3 is 5.97 Å². The fourth-order valence-electron chi connectivity index (χ4n) is 2.36. The van der Waals surface area contributed by atoms with Gasteiger partial charge in [-0.3, -0.25) is 4.98 Å². The van der Waals surface area contributed by atoms with E-state index >= 15 is 0 Å². The summed E-state index contributed by atoms with van der Waals surface area (Å²) in [5.74, 6) is -0.343. The summed E-state index contributed by atoms with van der Waals surface area (Å²) in [6.45, 7) is 0. The molecule has 0 bridgehead atoms. The topological polar surface area (TPSA) is 39.2 Å². The molecule has 4 heteroatoms. The Morgan fingerprint density at radius 2 is 1.86 bits per heavy atom. The second-order valence-corrected chi connectivity index (χ2v) is 5.48. The van der Waals surface area contributed by atoms with Crippen molar-refractivity contribution in [2.75, 3.05) is 7.11 Å². The molecule has 0 saturated heterocycles. The number of ether oxygens (including phenoxy) is 1. The normalized spacial score (nSPS) is 10.6. The summed E-state index contributed by atoms with van der Waals surface area (Å²) in [5, 5.41) is 1.65. The molecule has 0 aliphatic heterocycles. The van der Waals surface area contributed by atoms with Crippen LogP contribution in [0, 0.1) is 0 Å². The Balaban J connectivity index is 1.93. The van der Waals surface area contributed by atoms with Gasteiger partial charge in [-0.1, -0.05) is 23.7 Å². The van der Waals surface area contributed by atoms with Gasteiger partial charge in [0.05, 0.1) is 18.2 Å². The van der Waals surface area contributed by atoms with E-state index in [0.717, 1.165) is 33.5 Å². The van der Waals surface area contributed by atoms with Gasteiger partial charge in [0.15, 0.2) is 0 Å². The number of pyridine rings is 1. The number of nitrogens with zero attached hydrogens (tertiary/aromatic N) is 1. The Bertz CT molecular complexity index is 828. The molecule has 22 heavy (non-hydrogen) atoms. The van der Waals surface area contributed by atoms with E-state index in [9.17, 15) is 4.79 Å². The van der Waals surface area contributed by atoms with Crippen molar-refractivity contribution in [3.8, 4) is 0 Å². The highest BCUT2D eigenvalue weighted by Gasteiger charge is 2.07. The van der Waals surface area contributed by atoms with E-state index in [4.69, 9.17) is 16.3 Å². The van der Waals surface area contributed by atoms with Gasteiger partial charge in [0.1, 0.15) is 0 Å². The zero-order valence-corrected chi connectivity index (χ0v) is 12.8. The van der Waals surface area contributed by atoms with Gasteiger partial charge in [-0.2, -0.15) is 0 Å². The van der Waals surface area contributed by atoms with Crippen molar-refractivity contribution in [1.29, 1.82) is 0 Å². The van der Waals surface area contributed by atoms with Crippen molar-refractivity contribution in [3.63, 3.8) is 0 Å². The van der Waals surface area contributed by atoms with Crippen LogP contribution >= 0.6 is 11.6 Å². The lowest BCUT2D eigenvalue weighted by Crippen LogP contribution is -2.01. The third-order valence-corrected chi connectivity index (χ3v) is 3.73. The maximum absolute atomic E-state index is 11.6. The number of fused-ring (bicyclic) bond motifs is 1. The van der Waals surface area contributed by atoms with Gasteiger partial charge < -0.3 is 4.74 Å². The molecule has 1 heterocycles. The molecule has 0 fully saturated rings. The SMILES string of the molecule is COC(=O)c1ccc2ncc(Cc3ccc(Cl)cc3)cc2c1. The Kier molecular flexibility index (Phi) is 4.07. The van der Waals surface area contributed by atoms with Gasteiger partial charge in [-0.05, 0) is 53.9 Å². The van der Waals surface area contributed by atoms with E-state index in [-0.39, 0.29) is 5.97 Å². The summed E-state index contributed by atoms with van der Waals surface area (Å²) in [7, 11) is 1.38. The van der Waals surface area contributed by atoms with Crippen molar-refractivity contribution in [1.82, 2.24) is 4.98 Å². The first-order valence-corrected chi connectivity index (χ1v) is 7.25. The van der Waals surface area contributed by atoms with Crippen molar-refractivity contribution in [2.45, 2.75) is 6.42 Å². The number of esters is 1. The van der Waals surface area contributed by atoms with Crippen molar-refractivity contribution in [3.05, 3.63) is 76.4 Å². The Morgan fingerprint density at radius 3 is 2.59 bits per heavy atom. The Hall–Kier alpha value is -2.39. The zero-order chi connectivity index (χ0) is 15.5. The van der Waals surface area contributed by atoms with Gasteiger partial charge in [0.2, 0.25) is 0 Å². The van der Waals surface area contributed by atoms with Crippen LogP contribution in [0.2, 0.25) is 5.02 Å². The van der Waals surface area contributed by atoms with E-state index < -0.39 is 0 Å². The van der Waals surface area contributed by atoms with E-state index in [1.807, 2.05) is 42.6 Å². The van der Waals surface area contributed by atoms with Gasteiger partial charge in [-0.15, -0.1) is 0 Å². The summed E-state index contributed by atoms with van der Waals surface area (Å²) in [6.07, 6.45) is 2.62. The fraction of sp³-hybridized carbons (Fsp3) is 0.111. The van der Waals surface area contributed by atoms with Crippen LogP contribution in [0.3, 0.4) is 0 Å². The molecule has 110 valence electrons. The quantitative estimate of drug-likeness (QED) is 0.678. The van der Waals surface area contributed by atoms with Crippen LogP contribution in [0.15, 0.2) is 54.7 Å². The van der Waals surface area contributed by atoms with E-state index in [1.165, 1.54) is 7.11 Å². The second kappa shape index (κ2) is 6.16. The second-order valence-electron chi connectivity index (χ2n) is 5.05. The molecule has 0 saturated carbocycles. The average Bonchev–Trinajstić information content (AvgIpc) is 2.55. The maximum Gasteiger partial charge on any atom is 0.337 e. The van der Waals surface area contributed by atoms with E-state index in [0.29, 0.717) is 5.56 Å². The molecule has 1 aromatic heterocycles. The first kappa shape index (κ1) is 14.5. The van der Waals surface area contributed by atoms with Crippen molar-refractivity contribution in [2.24, 2.45) is 0 Å². The molecule has 0 aliphatic rings. The smallest absolute Gasteiger partial charge is 0.337 e. The van der Waals surface area contributed by atoms with Crippen LogP contribution in [0.5, 0.6) is 0 Å². The molecule has 3 aromatic rings. The zero-order valence-electron chi connectivity index (χ0n) is 12.0. The Labute approximate surface area is 133 Å². The van der Waals surface area contributed by atoms with Crippen LogP contribution in [0.25, 0.3) is 10.9 Å². The number of aromatic nitrogens is 1. The number of hydrogen-bond donors (Lipinski definition) is 0. The summed E-state index contributed by atoms with van der Waals surface area (Å²) < 4.78 is 4.75. The van der Waals surface area contributed by atoms with Gasteiger partial charge in [0, 0.05) is 16.6 Å². The Morgan fingerprint density at radius 1 is 1.09 bits per heavy atom. The highest BCUT2D eigenvalue weighted by atomic mass is 35.5. The molecule has 0 N–H and O–H groups in total. The lowest BCUT2D eigenvalue weighted by Gasteiger charge is -2.05. The first-order chi connectivity index (χ1) is 10.7. The molecule has 0 amide bonds. The standard InChI is InChI=1S/C18H14ClNO2/c1-22-18(21)14-4-7-17-15(10-14)9-13(11-20-17)8-12-2-5-16(19)6-3-12/h2-7,9-11H,8H2,1H3. The summed E-state index contributed by atoms with van der Waals surface area (Å²) in [4.78, 5) is 16.1. The number of carbonyl (C=O) groups is 1. The molecule has 0 unspecified atom stereocenters. The highest BCUT2D eigenvalue weighted by molar-refractivity contribution is 6.30. The minimum Gasteiger partial charge on any atom is -0.465 e. The van der Waals surface area contributed by atoms with Crippen molar-refractivity contribution >= 4 is 28.5 Å². The number of halogens is 1. The fourth-order valence-corrected chi connectivity index (χ4v) is 2.48. The minimum atomic E-state index is -0.343. The molecule has 0 atom stereocenters. The number of methoxy groups -OCH3 is 1. The average molecular weight is 312 g/mol. The summed E-state index contributed by atoms with van der Waals surface area (Å²) >= 11 is 5.90. The van der Waals surface area contributed by atoms with Gasteiger partial charge in [0.25, 0.3) is 0 Å². The molecule has 0 spiro atoms. The number of rotatable bonds is 3. The molecular formula is C18H14ClNO2. The predicted octanol–water partition coefficient (Wildman–Crippen LogP) is 4.27. The summed E-state index contributed by atoms with van der Waals surface area (Å²) in [5.41, 5.74) is 3.62. The molecule has 2 aromatic carbocycles. The van der Waals surface area contributed by atoms with E-state index in [2.05, 4.69) is 4.98 Å². The number of benzene rings is 2. The molecule has 0 radical (unpaired) electrons. The van der Waals surface area contributed by atoms with Crippen molar-refractivity contribution < 1.29 is 9.53 Å². The van der Waals surface area contributed by atoms with Gasteiger partial charge in [-0.25, -0.2) is 4.79 Å². The number of hydrogen-bond acceptors (Lipinski definition) is 3. The lowest BCUT2D eigenvalue weighted by atomic mass is 10.0.